The molecule has 0 amide bonds. The maximum atomic E-state index is 6.42. The minimum Gasteiger partial charge on any atom is -0.371 e. The molecule has 2 aliphatic rings. The normalized spacial score (nSPS) is 19.1. The summed E-state index contributed by atoms with van der Waals surface area (Å²) in [7, 11) is 0. The molecule has 174 valence electrons. The summed E-state index contributed by atoms with van der Waals surface area (Å²) in [4.78, 5) is 7.51. The van der Waals surface area contributed by atoms with Gasteiger partial charge in [0, 0.05) is 47.4 Å². The topological polar surface area (TPSA) is 15.6 Å². The van der Waals surface area contributed by atoms with Crippen molar-refractivity contribution in [3.63, 3.8) is 0 Å². The van der Waals surface area contributed by atoms with E-state index < -0.39 is 0 Å². The molecule has 2 aliphatic heterocycles. The van der Waals surface area contributed by atoms with Gasteiger partial charge in [0.25, 0.3) is 0 Å². The van der Waals surface area contributed by atoms with Crippen LogP contribution in [0.3, 0.4) is 0 Å². The van der Waals surface area contributed by atoms with Gasteiger partial charge in [0.1, 0.15) is 0 Å². The third-order valence-corrected chi connectivity index (χ3v) is 7.88. The van der Waals surface area contributed by atoms with E-state index in [9.17, 15) is 0 Å². The highest BCUT2D eigenvalue weighted by atomic mass is 35.5. The molecule has 0 N–H and O–H groups in total. The molecule has 0 fully saturated rings. The highest BCUT2D eigenvalue weighted by molar-refractivity contribution is 6.36. The summed E-state index contributed by atoms with van der Waals surface area (Å²) >= 11 is 12.5. The summed E-state index contributed by atoms with van der Waals surface area (Å²) < 4.78 is 0. The molecular weight excluding hydrogens is 471 g/mol. The van der Waals surface area contributed by atoms with E-state index in [0.717, 1.165) is 37.2 Å². The van der Waals surface area contributed by atoms with E-state index in [1.807, 2.05) is 18.3 Å². The third kappa shape index (κ3) is 4.37. The second-order valence-electron chi connectivity index (χ2n) is 9.39. The molecule has 0 aromatic heterocycles. The van der Waals surface area contributed by atoms with Gasteiger partial charge in [-0.2, -0.15) is 0 Å². The highest BCUT2D eigenvalue weighted by Gasteiger charge is 2.35. The van der Waals surface area contributed by atoms with Crippen LogP contribution in [0.4, 0.5) is 11.4 Å². The van der Waals surface area contributed by atoms with Crippen LogP contribution >= 0.6 is 23.2 Å². The molecule has 0 saturated heterocycles. The van der Waals surface area contributed by atoms with Gasteiger partial charge in [-0.05, 0) is 59.4 Å². The van der Waals surface area contributed by atoms with Crippen LogP contribution in [0.1, 0.15) is 52.5 Å². The van der Waals surface area contributed by atoms with Crippen molar-refractivity contribution in [2.24, 2.45) is 4.99 Å². The highest BCUT2D eigenvalue weighted by Crippen LogP contribution is 2.49. The fourth-order valence-electron chi connectivity index (χ4n) is 5.66. The van der Waals surface area contributed by atoms with Crippen LogP contribution in [0.5, 0.6) is 0 Å². The Hall–Kier alpha value is -3.07. The van der Waals surface area contributed by atoms with Crippen LogP contribution in [0.2, 0.25) is 10.0 Å². The summed E-state index contributed by atoms with van der Waals surface area (Å²) in [6, 6.07) is 31.9. The predicted octanol–water partition coefficient (Wildman–Crippen LogP) is 8.62. The Morgan fingerprint density at radius 1 is 0.714 bits per heavy atom. The van der Waals surface area contributed by atoms with Crippen molar-refractivity contribution in [1.29, 1.82) is 0 Å². The first kappa shape index (κ1) is 22.4. The van der Waals surface area contributed by atoms with E-state index in [-0.39, 0.29) is 0 Å². The first-order valence-corrected chi connectivity index (χ1v) is 12.9. The molecule has 0 spiro atoms. The number of benzene rings is 4. The average molecular weight is 497 g/mol. The lowest BCUT2D eigenvalue weighted by molar-refractivity contribution is 0.571. The van der Waals surface area contributed by atoms with Crippen LogP contribution in [-0.4, -0.2) is 19.3 Å². The monoisotopic (exact) mass is 496 g/mol. The minimum atomic E-state index is 0.366. The van der Waals surface area contributed by atoms with Crippen molar-refractivity contribution in [2.45, 2.75) is 24.7 Å². The number of rotatable bonds is 4. The van der Waals surface area contributed by atoms with Gasteiger partial charge >= 0.3 is 0 Å². The Kier molecular flexibility index (Phi) is 6.10. The van der Waals surface area contributed by atoms with Gasteiger partial charge in [0.2, 0.25) is 0 Å². The summed E-state index contributed by atoms with van der Waals surface area (Å²) in [6.45, 7) is 2.17. The zero-order valence-electron chi connectivity index (χ0n) is 19.4. The first-order valence-electron chi connectivity index (χ1n) is 12.2. The molecule has 4 aromatic carbocycles. The van der Waals surface area contributed by atoms with Gasteiger partial charge in [-0.1, -0.05) is 89.9 Å². The van der Waals surface area contributed by atoms with E-state index in [1.54, 1.807) is 6.07 Å². The second kappa shape index (κ2) is 9.53. The zero-order valence-corrected chi connectivity index (χ0v) is 20.9. The van der Waals surface area contributed by atoms with E-state index in [4.69, 9.17) is 28.2 Å². The van der Waals surface area contributed by atoms with Crippen molar-refractivity contribution in [3.8, 4) is 0 Å². The van der Waals surface area contributed by atoms with Gasteiger partial charge < -0.3 is 4.90 Å². The van der Waals surface area contributed by atoms with Crippen molar-refractivity contribution in [2.75, 3.05) is 18.0 Å². The fourth-order valence-corrected chi connectivity index (χ4v) is 6.12. The van der Waals surface area contributed by atoms with Crippen molar-refractivity contribution in [3.05, 3.63) is 129 Å². The molecule has 2 atom stereocenters. The molecule has 35 heavy (non-hydrogen) atoms. The average Bonchev–Trinajstić information content (AvgIpc) is 2.89. The zero-order chi connectivity index (χ0) is 23.8. The van der Waals surface area contributed by atoms with E-state index in [1.165, 1.54) is 27.9 Å². The van der Waals surface area contributed by atoms with Gasteiger partial charge in [0.05, 0.1) is 10.7 Å². The number of hydrogen-bond donors (Lipinski definition) is 0. The van der Waals surface area contributed by atoms with E-state index >= 15 is 0 Å². The first-order chi connectivity index (χ1) is 17.2. The molecular formula is C31H26Cl2N2. The van der Waals surface area contributed by atoms with Crippen LogP contribution in [-0.2, 0) is 0 Å². The summed E-state index contributed by atoms with van der Waals surface area (Å²) in [5, 5.41) is 1.23. The summed E-state index contributed by atoms with van der Waals surface area (Å²) in [5.41, 5.74) is 8.76. The van der Waals surface area contributed by atoms with Crippen molar-refractivity contribution >= 4 is 40.8 Å². The quantitative estimate of drug-likeness (QED) is 0.258. The molecule has 0 bridgehead atoms. The molecule has 4 aromatic rings. The van der Waals surface area contributed by atoms with Gasteiger partial charge in [-0.3, -0.25) is 4.99 Å². The van der Waals surface area contributed by atoms with Crippen LogP contribution in [0.25, 0.3) is 0 Å². The maximum Gasteiger partial charge on any atom is 0.0637 e. The number of hydrogen-bond acceptors (Lipinski definition) is 2. The van der Waals surface area contributed by atoms with Crippen molar-refractivity contribution in [1.82, 2.24) is 0 Å². The number of nitrogens with zero attached hydrogens (tertiary/aromatic N) is 2. The molecule has 4 heteroatoms. The summed E-state index contributed by atoms with van der Waals surface area (Å²) in [5.74, 6) is 0.731. The SMILES string of the molecule is Clc1ccc(C=Nc2cc3c4c(c2)[C@H](c2ccccc2)CCN4CC[C@@H]3c2ccccc2)c(Cl)c1. The molecule has 0 radical (unpaired) electrons. The second-order valence-corrected chi connectivity index (χ2v) is 10.2. The number of anilines is 1. The van der Waals surface area contributed by atoms with Crippen LogP contribution < -0.4 is 4.90 Å². The van der Waals surface area contributed by atoms with Crippen LogP contribution in [0, 0.1) is 0 Å². The molecule has 0 aliphatic carbocycles. The third-order valence-electron chi connectivity index (χ3n) is 7.32. The summed E-state index contributed by atoms with van der Waals surface area (Å²) in [6.07, 6.45) is 4.08. The molecule has 2 heterocycles. The smallest absolute Gasteiger partial charge is 0.0637 e. The maximum absolute atomic E-state index is 6.42. The van der Waals surface area contributed by atoms with Gasteiger partial charge in [-0.15, -0.1) is 0 Å². The van der Waals surface area contributed by atoms with E-state index in [0.29, 0.717) is 21.9 Å². The lowest BCUT2D eigenvalue weighted by Crippen LogP contribution is -2.37. The Balaban J connectivity index is 1.50. The Morgan fingerprint density at radius 3 is 1.83 bits per heavy atom. The largest absolute Gasteiger partial charge is 0.371 e. The molecule has 0 unspecified atom stereocenters. The molecule has 6 rings (SSSR count). The Bertz CT molecular complexity index is 1310. The van der Waals surface area contributed by atoms with Gasteiger partial charge in [-0.25, -0.2) is 0 Å². The minimum absolute atomic E-state index is 0.366. The van der Waals surface area contributed by atoms with E-state index in [2.05, 4.69) is 77.7 Å². The molecule has 2 nitrogen and oxygen atoms in total. The Morgan fingerprint density at radius 2 is 1.29 bits per heavy atom. The predicted molar refractivity (Wildman–Crippen MR) is 148 cm³/mol. The number of aliphatic imine (C=N–C) groups is 1. The lowest BCUT2D eigenvalue weighted by atomic mass is 9.76. The fraction of sp³-hybridized carbons (Fsp3) is 0.194. The lowest BCUT2D eigenvalue weighted by Gasteiger charge is -2.43. The van der Waals surface area contributed by atoms with Crippen LogP contribution in [0.15, 0.2) is 96.0 Å². The Labute approximate surface area is 216 Å². The molecule has 0 saturated carbocycles. The standard InChI is InChI=1S/C31H26Cl2N2/c32-24-12-11-23(30(33)17-24)20-34-25-18-28-26(21-7-3-1-4-8-21)13-15-35-16-14-27(29(19-25)31(28)35)22-9-5-2-6-10-22/h1-12,17-20,26-27H,13-16H2/t26-,27+. The van der Waals surface area contributed by atoms with Crippen molar-refractivity contribution < 1.29 is 0 Å². The van der Waals surface area contributed by atoms with Gasteiger partial charge in [0.15, 0.2) is 0 Å². The number of halogens is 2.